The predicted molar refractivity (Wildman–Crippen MR) is 87.6 cm³/mol. The van der Waals surface area contributed by atoms with Crippen molar-refractivity contribution < 1.29 is 19.4 Å². The molecule has 0 aliphatic heterocycles. The van der Waals surface area contributed by atoms with Crippen LogP contribution < -0.4 is 5.32 Å². The first-order valence-corrected chi connectivity index (χ1v) is 8.22. The maximum absolute atomic E-state index is 12.2. The second kappa shape index (κ2) is 7.74. The Morgan fingerprint density at radius 1 is 1.41 bits per heavy atom. The first-order chi connectivity index (χ1) is 10.1. The molecule has 124 valence electrons. The van der Waals surface area contributed by atoms with Crippen molar-refractivity contribution in [1.29, 1.82) is 0 Å². The van der Waals surface area contributed by atoms with Gasteiger partial charge in [-0.05, 0) is 45.7 Å². The average molecular weight is 327 g/mol. The Bertz CT molecular complexity index is 531. The molecule has 0 spiro atoms. The van der Waals surface area contributed by atoms with Crippen molar-refractivity contribution in [1.82, 2.24) is 5.32 Å². The molecule has 0 bridgehead atoms. The molecule has 1 heterocycles. The van der Waals surface area contributed by atoms with Gasteiger partial charge in [0.2, 0.25) is 0 Å². The van der Waals surface area contributed by atoms with Crippen LogP contribution in [0.15, 0.2) is 6.07 Å². The highest BCUT2D eigenvalue weighted by Crippen LogP contribution is 2.22. The van der Waals surface area contributed by atoms with Crippen molar-refractivity contribution >= 4 is 23.2 Å². The van der Waals surface area contributed by atoms with E-state index >= 15 is 0 Å². The Labute approximate surface area is 135 Å². The summed E-state index contributed by atoms with van der Waals surface area (Å²) in [6.07, 6.45) is 1.11. The maximum atomic E-state index is 12.2. The van der Waals surface area contributed by atoms with Crippen molar-refractivity contribution in [2.24, 2.45) is 0 Å². The van der Waals surface area contributed by atoms with Crippen molar-refractivity contribution in [3.63, 3.8) is 0 Å². The van der Waals surface area contributed by atoms with Gasteiger partial charge >= 0.3 is 5.97 Å². The number of rotatable bonds is 7. The maximum Gasteiger partial charge on any atom is 0.326 e. The van der Waals surface area contributed by atoms with E-state index in [1.165, 1.54) is 11.3 Å². The van der Waals surface area contributed by atoms with E-state index in [4.69, 9.17) is 4.74 Å². The number of amides is 1. The van der Waals surface area contributed by atoms with Gasteiger partial charge in [0.25, 0.3) is 5.91 Å². The van der Waals surface area contributed by atoms with Crippen LogP contribution in [-0.4, -0.2) is 35.2 Å². The zero-order chi connectivity index (χ0) is 16.9. The van der Waals surface area contributed by atoms with Crippen LogP contribution in [0.1, 0.15) is 54.2 Å². The third-order valence-corrected chi connectivity index (χ3v) is 4.49. The molecule has 6 heteroatoms. The molecular formula is C16H25NO4S. The van der Waals surface area contributed by atoms with Gasteiger partial charge in [-0.3, -0.25) is 4.79 Å². The van der Waals surface area contributed by atoms with Crippen LogP contribution in [0.4, 0.5) is 0 Å². The number of carboxylic acids is 1. The molecule has 22 heavy (non-hydrogen) atoms. The molecule has 0 aromatic carbocycles. The number of nitrogens with one attached hydrogen (secondary N) is 1. The topological polar surface area (TPSA) is 75.6 Å². The Morgan fingerprint density at radius 2 is 2.05 bits per heavy atom. The minimum absolute atomic E-state index is 0.239. The van der Waals surface area contributed by atoms with E-state index in [-0.39, 0.29) is 24.5 Å². The summed E-state index contributed by atoms with van der Waals surface area (Å²) < 4.78 is 5.53. The van der Waals surface area contributed by atoms with Gasteiger partial charge in [0, 0.05) is 17.9 Å². The molecule has 0 aliphatic carbocycles. The third-order valence-electron chi connectivity index (χ3n) is 3.11. The highest BCUT2D eigenvalue weighted by molar-refractivity contribution is 7.14. The first kappa shape index (κ1) is 18.6. The fourth-order valence-corrected chi connectivity index (χ4v) is 2.97. The summed E-state index contributed by atoms with van der Waals surface area (Å²) in [4.78, 5) is 25.2. The highest BCUT2D eigenvalue weighted by atomic mass is 32.1. The normalized spacial score (nSPS) is 13.0. The number of carboxylic acid groups (broad SMARTS) is 1. The quantitative estimate of drug-likeness (QED) is 0.807. The summed E-state index contributed by atoms with van der Waals surface area (Å²) in [6, 6.07) is 0.867. The fraction of sp³-hybridized carbons (Fsp3) is 0.625. The molecule has 0 saturated carbocycles. The number of carbonyl (C=O) groups excluding carboxylic acids is 1. The van der Waals surface area contributed by atoms with E-state index in [9.17, 15) is 14.7 Å². The lowest BCUT2D eigenvalue weighted by Crippen LogP contribution is -2.41. The zero-order valence-corrected chi connectivity index (χ0v) is 14.7. The van der Waals surface area contributed by atoms with E-state index in [1.54, 1.807) is 0 Å². The highest BCUT2D eigenvalue weighted by Gasteiger charge is 2.23. The second-order valence-corrected chi connectivity index (χ2v) is 7.32. The van der Waals surface area contributed by atoms with Crippen molar-refractivity contribution in [2.75, 3.05) is 6.61 Å². The van der Waals surface area contributed by atoms with Crippen molar-refractivity contribution in [3.05, 3.63) is 21.4 Å². The van der Waals surface area contributed by atoms with Gasteiger partial charge in [0.1, 0.15) is 6.04 Å². The van der Waals surface area contributed by atoms with Gasteiger partial charge < -0.3 is 15.2 Å². The Balaban J connectivity index is 2.65. The van der Waals surface area contributed by atoms with Crippen molar-refractivity contribution in [2.45, 2.75) is 59.1 Å². The lowest BCUT2D eigenvalue weighted by atomic mass is 10.1. The SMILES string of the molecule is CCc1sc(C(=O)NC(CCOC(C)(C)C)C(=O)O)cc1C. The Kier molecular flexibility index (Phi) is 6.56. The molecule has 0 aliphatic rings. The molecule has 1 rings (SSSR count). The van der Waals surface area contributed by atoms with Gasteiger partial charge in [-0.25, -0.2) is 4.79 Å². The zero-order valence-electron chi connectivity index (χ0n) is 13.9. The molecule has 0 saturated heterocycles. The summed E-state index contributed by atoms with van der Waals surface area (Å²) in [5.74, 6) is -1.38. The van der Waals surface area contributed by atoms with Crippen LogP contribution in [0.3, 0.4) is 0 Å². The molecule has 2 N–H and O–H groups in total. The number of hydrogen-bond donors (Lipinski definition) is 2. The molecule has 0 radical (unpaired) electrons. The van der Waals surface area contributed by atoms with E-state index in [1.807, 2.05) is 40.7 Å². The molecule has 1 atom stereocenters. The fourth-order valence-electron chi connectivity index (χ4n) is 1.95. The molecular weight excluding hydrogens is 302 g/mol. The number of carbonyl (C=O) groups is 2. The Morgan fingerprint density at radius 3 is 2.50 bits per heavy atom. The number of thiophene rings is 1. The van der Waals surface area contributed by atoms with E-state index in [0.717, 1.165) is 16.9 Å². The summed E-state index contributed by atoms with van der Waals surface area (Å²) in [5, 5.41) is 11.8. The van der Waals surface area contributed by atoms with Crippen LogP contribution in [0, 0.1) is 6.92 Å². The number of ether oxygens (including phenoxy) is 1. The minimum Gasteiger partial charge on any atom is -0.480 e. The summed E-state index contributed by atoms with van der Waals surface area (Å²) >= 11 is 1.41. The average Bonchev–Trinajstić information content (AvgIpc) is 2.77. The van der Waals surface area contributed by atoms with Gasteiger partial charge in [-0.2, -0.15) is 0 Å². The predicted octanol–water partition coefficient (Wildman–Crippen LogP) is 3.01. The standard InChI is InChI=1S/C16H25NO4S/c1-6-12-10(2)9-13(22-12)14(18)17-11(15(19)20)7-8-21-16(3,4)5/h9,11H,6-8H2,1-5H3,(H,17,18)(H,19,20). The molecule has 1 aromatic rings. The minimum atomic E-state index is -1.05. The number of aliphatic carboxylic acids is 1. The van der Waals surface area contributed by atoms with Crippen LogP contribution in [-0.2, 0) is 16.0 Å². The number of hydrogen-bond acceptors (Lipinski definition) is 4. The van der Waals surface area contributed by atoms with Crippen LogP contribution in [0.2, 0.25) is 0 Å². The summed E-state index contributed by atoms with van der Waals surface area (Å²) in [5.41, 5.74) is 0.745. The Hall–Kier alpha value is -1.40. The molecule has 0 fully saturated rings. The van der Waals surface area contributed by atoms with Gasteiger partial charge in [-0.1, -0.05) is 6.92 Å². The number of aryl methyl sites for hydroxylation is 2. The first-order valence-electron chi connectivity index (χ1n) is 7.41. The molecule has 1 unspecified atom stereocenters. The van der Waals surface area contributed by atoms with Crippen LogP contribution >= 0.6 is 11.3 Å². The summed E-state index contributed by atoms with van der Waals surface area (Å²) in [7, 11) is 0. The monoisotopic (exact) mass is 327 g/mol. The van der Waals surface area contributed by atoms with Crippen LogP contribution in [0.25, 0.3) is 0 Å². The van der Waals surface area contributed by atoms with Gasteiger partial charge in [-0.15, -0.1) is 11.3 Å². The molecule has 1 aromatic heterocycles. The van der Waals surface area contributed by atoms with Gasteiger partial charge in [0.05, 0.1) is 10.5 Å². The lowest BCUT2D eigenvalue weighted by molar-refractivity contribution is -0.140. The second-order valence-electron chi connectivity index (χ2n) is 6.18. The summed E-state index contributed by atoms with van der Waals surface area (Å²) in [6.45, 7) is 9.99. The molecule has 5 nitrogen and oxygen atoms in total. The largest absolute Gasteiger partial charge is 0.480 e. The van der Waals surface area contributed by atoms with Crippen molar-refractivity contribution in [3.8, 4) is 0 Å². The van der Waals surface area contributed by atoms with Gasteiger partial charge in [0.15, 0.2) is 0 Å². The smallest absolute Gasteiger partial charge is 0.326 e. The lowest BCUT2D eigenvalue weighted by Gasteiger charge is -2.21. The van der Waals surface area contributed by atoms with E-state index in [2.05, 4.69) is 5.32 Å². The van der Waals surface area contributed by atoms with E-state index in [0.29, 0.717) is 4.88 Å². The van der Waals surface area contributed by atoms with Crippen LogP contribution in [0.5, 0.6) is 0 Å². The molecule has 1 amide bonds. The van der Waals surface area contributed by atoms with E-state index < -0.39 is 12.0 Å². The third kappa shape index (κ3) is 5.77.